The number of nitrogen functional groups attached to an aromatic ring is 1. The van der Waals surface area contributed by atoms with Crippen LogP contribution in [0.4, 0.5) is 10.1 Å². The van der Waals surface area contributed by atoms with Gasteiger partial charge >= 0.3 is 0 Å². The van der Waals surface area contributed by atoms with Crippen LogP contribution >= 0.6 is 23.4 Å². The lowest BCUT2D eigenvalue weighted by Crippen LogP contribution is -2.26. The van der Waals surface area contributed by atoms with Gasteiger partial charge in [0, 0.05) is 12.2 Å². The van der Waals surface area contributed by atoms with Gasteiger partial charge in [-0.25, -0.2) is 17.5 Å². The third-order valence-corrected chi connectivity index (χ3v) is 5.31. The van der Waals surface area contributed by atoms with Gasteiger partial charge in [-0.05, 0) is 37.0 Å². The molecule has 8 heteroatoms. The quantitative estimate of drug-likeness (QED) is 0.527. The second kappa shape index (κ2) is 8.82. The minimum atomic E-state index is -3.93. The topological polar surface area (TPSA) is 72.2 Å². The van der Waals surface area contributed by atoms with Crippen LogP contribution in [0.25, 0.3) is 0 Å². The highest BCUT2D eigenvalue weighted by molar-refractivity contribution is 7.98. The lowest BCUT2D eigenvalue weighted by molar-refractivity contribution is 0.553. The van der Waals surface area contributed by atoms with E-state index in [-0.39, 0.29) is 17.3 Å². The molecule has 4 nitrogen and oxygen atoms in total. The van der Waals surface area contributed by atoms with Gasteiger partial charge in [-0.3, -0.25) is 0 Å². The molecular formula is C13H20ClFN2O2S2. The molecule has 0 radical (unpaired) electrons. The summed E-state index contributed by atoms with van der Waals surface area (Å²) in [5.74, 6) is 0.136. The highest BCUT2D eigenvalue weighted by Gasteiger charge is 2.21. The molecule has 120 valence electrons. The molecule has 1 aromatic rings. The Labute approximate surface area is 134 Å². The van der Waals surface area contributed by atoms with Gasteiger partial charge in [0.15, 0.2) is 5.82 Å². The predicted octanol–water partition coefficient (Wildman–Crippen LogP) is 3.26. The van der Waals surface area contributed by atoms with Crippen LogP contribution in [-0.2, 0) is 10.0 Å². The van der Waals surface area contributed by atoms with Crippen molar-refractivity contribution in [3.05, 3.63) is 23.0 Å². The summed E-state index contributed by atoms with van der Waals surface area (Å²) in [6, 6.07) is 2.25. The van der Waals surface area contributed by atoms with E-state index in [0.717, 1.165) is 31.1 Å². The van der Waals surface area contributed by atoms with Crippen molar-refractivity contribution in [2.75, 3.05) is 24.3 Å². The number of thioether (sulfide) groups is 1. The average molecular weight is 355 g/mol. The van der Waals surface area contributed by atoms with E-state index in [1.165, 1.54) is 6.07 Å². The second-order valence-corrected chi connectivity index (χ2v) is 7.75. The van der Waals surface area contributed by atoms with E-state index < -0.39 is 20.7 Å². The third-order valence-electron chi connectivity index (χ3n) is 2.87. The van der Waals surface area contributed by atoms with Crippen molar-refractivity contribution in [3.63, 3.8) is 0 Å². The third kappa shape index (κ3) is 6.02. The molecular weight excluding hydrogens is 335 g/mol. The molecule has 3 N–H and O–H groups in total. The highest BCUT2D eigenvalue weighted by Crippen LogP contribution is 2.25. The molecule has 1 aromatic carbocycles. The standard InChI is InChI=1S/C13H20ClFN2O2S2/c1-20-7-5-3-2-4-6-17-21(18,19)12-9-10(16)8-11(14)13(12)15/h8-9,17H,2-7,16H2,1H3. The van der Waals surface area contributed by atoms with Gasteiger partial charge in [0.2, 0.25) is 10.0 Å². The van der Waals surface area contributed by atoms with E-state index in [9.17, 15) is 12.8 Å². The van der Waals surface area contributed by atoms with E-state index in [0.29, 0.717) is 6.42 Å². The van der Waals surface area contributed by atoms with Crippen LogP contribution in [0.2, 0.25) is 5.02 Å². The summed E-state index contributed by atoms with van der Waals surface area (Å²) in [4.78, 5) is -0.505. The number of hydrogen-bond acceptors (Lipinski definition) is 4. The lowest BCUT2D eigenvalue weighted by atomic mass is 10.2. The van der Waals surface area contributed by atoms with Gasteiger partial charge in [-0.15, -0.1) is 0 Å². The Hall–Kier alpha value is -0.500. The minimum Gasteiger partial charge on any atom is -0.399 e. The Morgan fingerprint density at radius 2 is 1.95 bits per heavy atom. The Morgan fingerprint density at radius 3 is 2.62 bits per heavy atom. The molecule has 0 amide bonds. The molecule has 0 aliphatic carbocycles. The van der Waals surface area contributed by atoms with Crippen LogP contribution in [0.15, 0.2) is 17.0 Å². The van der Waals surface area contributed by atoms with Crippen molar-refractivity contribution in [1.29, 1.82) is 0 Å². The fourth-order valence-electron chi connectivity index (χ4n) is 1.79. The Morgan fingerprint density at radius 1 is 1.29 bits per heavy atom. The first-order valence-corrected chi connectivity index (χ1v) is 9.87. The number of rotatable bonds is 9. The number of hydrogen-bond donors (Lipinski definition) is 2. The van der Waals surface area contributed by atoms with Gasteiger partial charge < -0.3 is 5.73 Å². The summed E-state index contributed by atoms with van der Waals surface area (Å²) in [6.45, 7) is 0.271. The van der Waals surface area contributed by atoms with Crippen LogP contribution in [0.1, 0.15) is 25.7 Å². The fourth-order valence-corrected chi connectivity index (χ4v) is 3.77. The van der Waals surface area contributed by atoms with Crippen molar-refractivity contribution in [3.8, 4) is 0 Å². The monoisotopic (exact) mass is 354 g/mol. The van der Waals surface area contributed by atoms with Crippen LogP contribution < -0.4 is 10.5 Å². The second-order valence-electron chi connectivity index (χ2n) is 4.62. The number of sulfonamides is 1. The zero-order valence-corrected chi connectivity index (χ0v) is 14.3. The summed E-state index contributed by atoms with van der Waals surface area (Å²) in [5, 5.41) is -0.299. The van der Waals surface area contributed by atoms with E-state index >= 15 is 0 Å². The largest absolute Gasteiger partial charge is 0.399 e. The fraction of sp³-hybridized carbons (Fsp3) is 0.538. The van der Waals surface area contributed by atoms with Crippen LogP contribution in [0, 0.1) is 5.82 Å². The molecule has 21 heavy (non-hydrogen) atoms. The number of nitrogens with one attached hydrogen (secondary N) is 1. The van der Waals surface area contributed by atoms with Crippen molar-refractivity contribution in [2.24, 2.45) is 0 Å². The summed E-state index contributed by atoms with van der Waals surface area (Å²) in [6.07, 6.45) is 5.88. The Kier molecular flexibility index (Phi) is 7.79. The average Bonchev–Trinajstić information content (AvgIpc) is 2.41. The SMILES string of the molecule is CSCCCCCCNS(=O)(=O)c1cc(N)cc(Cl)c1F. The molecule has 0 fully saturated rings. The van der Waals surface area contributed by atoms with E-state index in [4.69, 9.17) is 17.3 Å². The first kappa shape index (κ1) is 18.5. The van der Waals surface area contributed by atoms with Crippen LogP contribution in [0.3, 0.4) is 0 Å². The Bertz CT molecular complexity index is 568. The number of halogens is 2. The zero-order chi connectivity index (χ0) is 15.9. The van der Waals surface area contributed by atoms with Crippen LogP contribution in [0.5, 0.6) is 0 Å². The van der Waals surface area contributed by atoms with Gasteiger partial charge in [0.25, 0.3) is 0 Å². The van der Waals surface area contributed by atoms with Crippen molar-refractivity contribution >= 4 is 39.1 Å². The highest BCUT2D eigenvalue weighted by atomic mass is 35.5. The zero-order valence-electron chi connectivity index (χ0n) is 11.9. The molecule has 0 heterocycles. The Balaban J connectivity index is 2.55. The number of nitrogens with two attached hydrogens (primary N) is 1. The van der Waals surface area contributed by atoms with Crippen molar-refractivity contribution in [2.45, 2.75) is 30.6 Å². The first-order chi connectivity index (χ1) is 9.88. The van der Waals surface area contributed by atoms with Gasteiger partial charge in [0.1, 0.15) is 4.90 Å². The van der Waals surface area contributed by atoms with E-state index in [1.54, 1.807) is 11.8 Å². The number of benzene rings is 1. The van der Waals surface area contributed by atoms with Crippen molar-refractivity contribution in [1.82, 2.24) is 4.72 Å². The maximum absolute atomic E-state index is 13.8. The minimum absolute atomic E-state index is 0.110. The molecule has 0 aromatic heterocycles. The number of anilines is 1. The summed E-state index contributed by atoms with van der Waals surface area (Å²) >= 11 is 7.40. The van der Waals surface area contributed by atoms with Gasteiger partial charge in [0.05, 0.1) is 5.02 Å². The first-order valence-electron chi connectivity index (χ1n) is 6.61. The van der Waals surface area contributed by atoms with Gasteiger partial charge in [-0.1, -0.05) is 24.4 Å². The molecule has 1 rings (SSSR count). The summed E-state index contributed by atoms with van der Waals surface area (Å²) < 4.78 is 40.2. The van der Waals surface area contributed by atoms with E-state index in [2.05, 4.69) is 11.0 Å². The maximum Gasteiger partial charge on any atom is 0.243 e. The molecule has 0 aliphatic heterocycles. The molecule has 0 bridgehead atoms. The molecule has 0 aliphatic rings. The summed E-state index contributed by atoms with van der Waals surface area (Å²) in [7, 11) is -3.93. The van der Waals surface area contributed by atoms with Crippen molar-refractivity contribution < 1.29 is 12.8 Å². The molecule has 0 saturated carbocycles. The smallest absolute Gasteiger partial charge is 0.243 e. The molecule has 0 atom stereocenters. The molecule has 0 saturated heterocycles. The molecule has 0 spiro atoms. The predicted molar refractivity (Wildman–Crippen MR) is 87.9 cm³/mol. The molecule has 0 unspecified atom stereocenters. The van der Waals surface area contributed by atoms with E-state index in [1.807, 2.05) is 0 Å². The summed E-state index contributed by atoms with van der Waals surface area (Å²) in [5.41, 5.74) is 5.61. The van der Waals surface area contributed by atoms with Gasteiger partial charge in [-0.2, -0.15) is 11.8 Å². The maximum atomic E-state index is 13.8. The lowest BCUT2D eigenvalue weighted by Gasteiger charge is -2.09. The van der Waals surface area contributed by atoms with Crippen LogP contribution in [-0.4, -0.2) is 27.0 Å². The number of unbranched alkanes of at least 4 members (excludes halogenated alkanes) is 3. The normalized spacial score (nSPS) is 11.8.